The van der Waals surface area contributed by atoms with Crippen LogP contribution in [0.15, 0.2) is 12.4 Å². The average Bonchev–Trinajstić information content (AvgIpc) is 2.76. The predicted octanol–water partition coefficient (Wildman–Crippen LogP) is 1.29. The van der Waals surface area contributed by atoms with E-state index >= 15 is 0 Å². The van der Waals surface area contributed by atoms with Crippen LogP contribution in [-0.4, -0.2) is 66.2 Å². The smallest absolute Gasteiger partial charge is 0.380 e. The van der Waals surface area contributed by atoms with Crippen molar-refractivity contribution in [2.75, 3.05) is 44.3 Å². The molecule has 1 fully saturated rings. The normalized spacial score (nSPS) is 17.3. The van der Waals surface area contributed by atoms with Crippen molar-refractivity contribution in [3.63, 3.8) is 0 Å². The zero-order valence-corrected chi connectivity index (χ0v) is 14.7. The molecule has 146 valence electrons. The summed E-state index contributed by atoms with van der Waals surface area (Å²) in [5.41, 5.74) is 4.71. The lowest BCUT2D eigenvalue weighted by atomic mass is 10.3. The maximum Gasteiger partial charge on any atom is 0.419 e. The highest BCUT2D eigenvalue weighted by molar-refractivity contribution is 5.77. The number of amides is 1. The van der Waals surface area contributed by atoms with Gasteiger partial charge in [-0.1, -0.05) is 0 Å². The number of aromatic nitrogens is 2. The lowest BCUT2D eigenvalue weighted by Gasteiger charge is -2.22. The fourth-order valence-corrected chi connectivity index (χ4v) is 2.56. The molecule has 1 unspecified atom stereocenters. The molecule has 1 atom stereocenters. The molecule has 2 rings (SSSR count). The van der Waals surface area contributed by atoms with Gasteiger partial charge in [-0.2, -0.15) is 13.2 Å². The van der Waals surface area contributed by atoms with E-state index in [4.69, 9.17) is 10.5 Å². The van der Waals surface area contributed by atoms with Crippen LogP contribution < -0.4 is 10.6 Å². The van der Waals surface area contributed by atoms with Gasteiger partial charge in [-0.05, 0) is 13.3 Å². The van der Waals surface area contributed by atoms with E-state index in [1.165, 1.54) is 0 Å². The molecule has 0 spiro atoms. The first-order valence-corrected chi connectivity index (χ1v) is 8.52. The van der Waals surface area contributed by atoms with Crippen molar-refractivity contribution >= 4 is 11.9 Å². The monoisotopic (exact) mass is 375 g/mol. The number of nitrogens with two attached hydrogens (primary N) is 1. The van der Waals surface area contributed by atoms with Crippen molar-refractivity contribution < 1.29 is 22.7 Å². The Bertz CT molecular complexity index is 580. The second kappa shape index (κ2) is 9.13. The minimum Gasteiger partial charge on any atom is -0.380 e. The molecular formula is C16H24F3N5O2. The molecular weight excluding hydrogens is 351 g/mol. The number of hydrogen-bond acceptors (Lipinski definition) is 6. The lowest BCUT2D eigenvalue weighted by Crippen LogP contribution is -2.35. The van der Waals surface area contributed by atoms with E-state index in [0.29, 0.717) is 45.8 Å². The van der Waals surface area contributed by atoms with Crippen LogP contribution in [0, 0.1) is 0 Å². The SMILES string of the molecule is CC(N)COCCCN1CCN(c2ncc(C(F)(F)F)cn2)CCC1=O. The summed E-state index contributed by atoms with van der Waals surface area (Å²) in [6.45, 7) is 4.75. The Hall–Kier alpha value is -1.94. The Morgan fingerprint density at radius 1 is 1.27 bits per heavy atom. The third-order valence-electron chi connectivity index (χ3n) is 3.93. The van der Waals surface area contributed by atoms with Crippen LogP contribution >= 0.6 is 0 Å². The molecule has 26 heavy (non-hydrogen) atoms. The first-order valence-electron chi connectivity index (χ1n) is 8.52. The van der Waals surface area contributed by atoms with E-state index in [9.17, 15) is 18.0 Å². The second-order valence-corrected chi connectivity index (χ2v) is 6.29. The van der Waals surface area contributed by atoms with E-state index < -0.39 is 11.7 Å². The zero-order valence-electron chi connectivity index (χ0n) is 14.7. The fraction of sp³-hybridized carbons (Fsp3) is 0.688. The van der Waals surface area contributed by atoms with E-state index in [2.05, 4.69) is 9.97 Å². The van der Waals surface area contributed by atoms with E-state index in [1.807, 2.05) is 6.92 Å². The number of ether oxygens (including phenoxy) is 1. The van der Waals surface area contributed by atoms with Crippen molar-refractivity contribution in [2.24, 2.45) is 5.73 Å². The molecule has 1 aliphatic rings. The molecule has 7 nitrogen and oxygen atoms in total. The number of carbonyl (C=O) groups excluding carboxylic acids is 1. The Morgan fingerprint density at radius 3 is 2.58 bits per heavy atom. The molecule has 1 amide bonds. The van der Waals surface area contributed by atoms with Crippen LogP contribution in [0.3, 0.4) is 0 Å². The topological polar surface area (TPSA) is 84.6 Å². The summed E-state index contributed by atoms with van der Waals surface area (Å²) < 4.78 is 43.2. The van der Waals surface area contributed by atoms with E-state index in [0.717, 1.165) is 12.4 Å². The van der Waals surface area contributed by atoms with Crippen LogP contribution in [0.25, 0.3) is 0 Å². The first-order chi connectivity index (χ1) is 12.3. The Morgan fingerprint density at radius 2 is 1.96 bits per heavy atom. The van der Waals surface area contributed by atoms with Gasteiger partial charge in [0.2, 0.25) is 11.9 Å². The van der Waals surface area contributed by atoms with E-state index in [-0.39, 0.29) is 24.3 Å². The van der Waals surface area contributed by atoms with Crippen LogP contribution in [-0.2, 0) is 15.7 Å². The molecule has 1 aromatic rings. The highest BCUT2D eigenvalue weighted by Crippen LogP contribution is 2.28. The molecule has 1 aliphatic heterocycles. The fourth-order valence-electron chi connectivity index (χ4n) is 2.56. The number of halogens is 3. The largest absolute Gasteiger partial charge is 0.419 e. The number of anilines is 1. The summed E-state index contributed by atoms with van der Waals surface area (Å²) in [5, 5.41) is 0. The van der Waals surface area contributed by atoms with Gasteiger partial charge in [0.05, 0.1) is 12.2 Å². The summed E-state index contributed by atoms with van der Waals surface area (Å²) >= 11 is 0. The summed E-state index contributed by atoms with van der Waals surface area (Å²) in [5.74, 6) is 0.208. The van der Waals surface area contributed by atoms with Crippen LogP contribution in [0.4, 0.5) is 19.1 Å². The molecule has 2 heterocycles. The number of alkyl halides is 3. The third-order valence-corrected chi connectivity index (χ3v) is 3.93. The molecule has 2 N–H and O–H groups in total. The van der Waals surface area contributed by atoms with Gasteiger partial charge in [-0.25, -0.2) is 9.97 Å². The molecule has 1 saturated heterocycles. The predicted molar refractivity (Wildman–Crippen MR) is 89.5 cm³/mol. The van der Waals surface area contributed by atoms with Gasteiger partial charge >= 0.3 is 6.18 Å². The van der Waals surface area contributed by atoms with Gasteiger partial charge in [0.25, 0.3) is 0 Å². The number of nitrogens with zero attached hydrogens (tertiary/aromatic N) is 4. The average molecular weight is 375 g/mol. The molecule has 0 aromatic carbocycles. The zero-order chi connectivity index (χ0) is 19.2. The van der Waals surface area contributed by atoms with E-state index in [1.54, 1.807) is 9.80 Å². The molecule has 10 heteroatoms. The molecule has 0 radical (unpaired) electrons. The number of carbonyl (C=O) groups is 1. The number of rotatable bonds is 7. The van der Waals surface area contributed by atoms with Gasteiger partial charge in [-0.15, -0.1) is 0 Å². The lowest BCUT2D eigenvalue weighted by molar-refractivity contribution is -0.138. The summed E-state index contributed by atoms with van der Waals surface area (Å²) in [7, 11) is 0. The maximum absolute atomic E-state index is 12.6. The summed E-state index contributed by atoms with van der Waals surface area (Å²) in [6, 6.07) is -0.0212. The second-order valence-electron chi connectivity index (χ2n) is 6.29. The standard InChI is InChI=1S/C16H24F3N5O2/c1-12(20)11-26-8-2-4-23-6-7-24(5-3-14(23)25)15-21-9-13(10-22-15)16(17,18)19/h9-10,12H,2-8,11,20H2,1H3. The minimum atomic E-state index is -4.46. The van der Waals surface area contributed by atoms with Gasteiger partial charge < -0.3 is 20.3 Å². The van der Waals surface area contributed by atoms with Crippen molar-refractivity contribution in [2.45, 2.75) is 32.0 Å². The van der Waals surface area contributed by atoms with Crippen molar-refractivity contribution in [3.8, 4) is 0 Å². The highest BCUT2D eigenvalue weighted by Gasteiger charge is 2.32. The number of hydrogen-bond donors (Lipinski definition) is 1. The summed E-state index contributed by atoms with van der Waals surface area (Å²) in [4.78, 5) is 23.3. The Kier molecular flexibility index (Phi) is 7.15. The van der Waals surface area contributed by atoms with Crippen LogP contribution in [0.2, 0.25) is 0 Å². The molecule has 0 aliphatic carbocycles. The van der Waals surface area contributed by atoms with Gasteiger partial charge in [0, 0.05) is 57.6 Å². The maximum atomic E-state index is 12.6. The molecule has 0 saturated carbocycles. The Labute approximate surface area is 150 Å². The van der Waals surface area contributed by atoms with Crippen LogP contribution in [0.1, 0.15) is 25.3 Å². The van der Waals surface area contributed by atoms with Gasteiger partial charge in [-0.3, -0.25) is 4.79 Å². The summed E-state index contributed by atoms with van der Waals surface area (Å²) in [6.07, 6.45) is -1.96. The van der Waals surface area contributed by atoms with Crippen molar-refractivity contribution in [1.82, 2.24) is 14.9 Å². The van der Waals surface area contributed by atoms with Crippen molar-refractivity contribution in [1.29, 1.82) is 0 Å². The molecule has 1 aromatic heterocycles. The van der Waals surface area contributed by atoms with Gasteiger partial charge in [0.1, 0.15) is 0 Å². The van der Waals surface area contributed by atoms with Gasteiger partial charge in [0.15, 0.2) is 0 Å². The molecule has 0 bridgehead atoms. The first kappa shape index (κ1) is 20.4. The highest BCUT2D eigenvalue weighted by atomic mass is 19.4. The van der Waals surface area contributed by atoms with Crippen molar-refractivity contribution in [3.05, 3.63) is 18.0 Å². The quantitative estimate of drug-likeness (QED) is 0.723. The third kappa shape index (κ3) is 6.10. The van der Waals surface area contributed by atoms with Crippen LogP contribution in [0.5, 0.6) is 0 Å². The Balaban J connectivity index is 1.85. The minimum absolute atomic E-state index is 0.00612.